The fraction of sp³-hybridized carbons (Fsp3) is 1.00. The third-order valence-corrected chi connectivity index (χ3v) is 1.22. The van der Waals surface area contributed by atoms with Crippen LogP contribution in [0, 0.1) is 0 Å². The van der Waals surface area contributed by atoms with Crippen molar-refractivity contribution in [2.75, 3.05) is 6.54 Å². The summed E-state index contributed by atoms with van der Waals surface area (Å²) in [5.74, 6) is 0. The summed E-state index contributed by atoms with van der Waals surface area (Å²) < 4.78 is 34.3. The molecule has 1 unspecified atom stereocenters. The Hall–Kier alpha value is -0.250. The molecular formula is C4H6F3N. The summed E-state index contributed by atoms with van der Waals surface area (Å²) >= 11 is 0. The maximum absolute atomic E-state index is 11.4. The highest BCUT2D eigenvalue weighted by molar-refractivity contribution is 4.83. The number of halogens is 3. The van der Waals surface area contributed by atoms with E-state index >= 15 is 0 Å². The van der Waals surface area contributed by atoms with Crippen LogP contribution in [0.1, 0.15) is 6.42 Å². The molecule has 1 heterocycles. The highest BCUT2D eigenvalue weighted by Gasteiger charge is 2.42. The van der Waals surface area contributed by atoms with Crippen molar-refractivity contribution in [3.63, 3.8) is 0 Å². The average molecular weight is 125 g/mol. The van der Waals surface area contributed by atoms with Crippen molar-refractivity contribution in [3.05, 3.63) is 0 Å². The first-order valence-electron chi connectivity index (χ1n) is 2.41. The summed E-state index contributed by atoms with van der Waals surface area (Å²) in [6.45, 7) is 0.504. The second-order valence-electron chi connectivity index (χ2n) is 1.84. The minimum Gasteiger partial charge on any atom is -0.306 e. The van der Waals surface area contributed by atoms with Gasteiger partial charge < -0.3 is 5.32 Å². The Balaban J connectivity index is 2.34. The highest BCUT2D eigenvalue weighted by atomic mass is 19.4. The van der Waals surface area contributed by atoms with Gasteiger partial charge in [0, 0.05) is 0 Å². The van der Waals surface area contributed by atoms with Crippen LogP contribution in [0.4, 0.5) is 13.2 Å². The molecule has 0 bridgehead atoms. The van der Waals surface area contributed by atoms with Crippen molar-refractivity contribution in [1.82, 2.24) is 5.32 Å². The topological polar surface area (TPSA) is 12.0 Å². The summed E-state index contributed by atoms with van der Waals surface area (Å²) in [4.78, 5) is 0. The lowest BCUT2D eigenvalue weighted by Gasteiger charge is -2.29. The first-order valence-corrected chi connectivity index (χ1v) is 2.41. The van der Waals surface area contributed by atoms with Crippen LogP contribution in [0.25, 0.3) is 0 Å². The van der Waals surface area contributed by atoms with Crippen molar-refractivity contribution in [2.45, 2.75) is 18.6 Å². The van der Waals surface area contributed by atoms with Gasteiger partial charge in [-0.2, -0.15) is 13.2 Å². The third-order valence-electron chi connectivity index (χ3n) is 1.22. The van der Waals surface area contributed by atoms with Gasteiger partial charge in [-0.15, -0.1) is 0 Å². The van der Waals surface area contributed by atoms with Crippen LogP contribution < -0.4 is 5.32 Å². The third kappa shape index (κ3) is 0.940. The Morgan fingerprint density at radius 3 is 1.88 bits per heavy atom. The molecule has 1 fully saturated rings. The number of hydrogen-bond donors (Lipinski definition) is 1. The molecule has 0 aromatic rings. The van der Waals surface area contributed by atoms with E-state index in [0.29, 0.717) is 6.54 Å². The van der Waals surface area contributed by atoms with Gasteiger partial charge in [0.2, 0.25) is 0 Å². The number of rotatable bonds is 0. The lowest BCUT2D eigenvalue weighted by molar-refractivity contribution is -0.169. The molecule has 1 N–H and O–H groups in total. The summed E-state index contributed by atoms with van der Waals surface area (Å²) in [5, 5.41) is 2.26. The lowest BCUT2D eigenvalue weighted by atomic mass is 10.1. The molecule has 48 valence electrons. The van der Waals surface area contributed by atoms with Crippen LogP contribution in [0.3, 0.4) is 0 Å². The zero-order valence-electron chi connectivity index (χ0n) is 4.13. The molecule has 1 atom stereocenters. The van der Waals surface area contributed by atoms with Gasteiger partial charge in [-0.05, 0) is 13.0 Å². The molecular weight excluding hydrogens is 119 g/mol. The van der Waals surface area contributed by atoms with Crippen molar-refractivity contribution in [3.8, 4) is 0 Å². The Labute approximate surface area is 44.9 Å². The van der Waals surface area contributed by atoms with Gasteiger partial charge in [0.05, 0.1) is 0 Å². The molecule has 0 amide bonds. The van der Waals surface area contributed by atoms with Crippen LogP contribution in [0.2, 0.25) is 0 Å². The maximum atomic E-state index is 11.4. The monoisotopic (exact) mass is 125 g/mol. The SMILES string of the molecule is FC(F)(F)C1CCN1. The zero-order valence-corrected chi connectivity index (χ0v) is 4.13. The molecule has 1 aliphatic heterocycles. The first-order chi connectivity index (χ1) is 3.61. The summed E-state index contributed by atoms with van der Waals surface area (Å²) in [5.41, 5.74) is 0. The molecule has 1 rings (SSSR count). The molecule has 0 aromatic heterocycles. The molecule has 4 heteroatoms. The van der Waals surface area contributed by atoms with Crippen LogP contribution >= 0.6 is 0 Å². The first kappa shape index (κ1) is 5.88. The van der Waals surface area contributed by atoms with Crippen molar-refractivity contribution in [2.24, 2.45) is 0 Å². The minimum absolute atomic E-state index is 0.240. The van der Waals surface area contributed by atoms with Crippen molar-refractivity contribution < 1.29 is 13.2 Å². The molecule has 0 spiro atoms. The van der Waals surface area contributed by atoms with Crippen molar-refractivity contribution >= 4 is 0 Å². The number of hydrogen-bond acceptors (Lipinski definition) is 1. The molecule has 1 saturated heterocycles. The molecule has 0 aliphatic carbocycles. The van der Waals surface area contributed by atoms with Gasteiger partial charge in [-0.25, -0.2) is 0 Å². The summed E-state index contributed by atoms with van der Waals surface area (Å²) in [6, 6.07) is -1.22. The Morgan fingerprint density at radius 1 is 1.38 bits per heavy atom. The Kier molecular flexibility index (Phi) is 1.19. The second kappa shape index (κ2) is 1.62. The van der Waals surface area contributed by atoms with E-state index in [9.17, 15) is 13.2 Å². The zero-order chi connectivity index (χ0) is 6.20. The van der Waals surface area contributed by atoms with Crippen LogP contribution in [0.5, 0.6) is 0 Å². The standard InChI is InChI=1S/C4H6F3N/c5-4(6,7)3-1-2-8-3/h3,8H,1-2H2. The molecule has 0 radical (unpaired) electrons. The average Bonchev–Trinajstić information content (AvgIpc) is 1.16. The van der Waals surface area contributed by atoms with Crippen LogP contribution in [0.15, 0.2) is 0 Å². The summed E-state index contributed by atoms with van der Waals surface area (Å²) in [7, 11) is 0. The number of nitrogens with one attached hydrogen (secondary N) is 1. The fourth-order valence-electron chi connectivity index (χ4n) is 0.568. The van der Waals surface area contributed by atoms with E-state index in [2.05, 4.69) is 5.32 Å². The van der Waals surface area contributed by atoms with Gasteiger partial charge in [-0.3, -0.25) is 0 Å². The molecule has 1 aliphatic rings. The smallest absolute Gasteiger partial charge is 0.306 e. The predicted octanol–water partition coefficient (Wildman–Crippen LogP) is 0.911. The second-order valence-corrected chi connectivity index (χ2v) is 1.84. The molecule has 0 aromatic carbocycles. The van der Waals surface area contributed by atoms with E-state index in [-0.39, 0.29) is 6.42 Å². The van der Waals surface area contributed by atoms with Gasteiger partial charge >= 0.3 is 6.18 Å². The Morgan fingerprint density at radius 2 is 1.88 bits per heavy atom. The maximum Gasteiger partial charge on any atom is 0.403 e. The van der Waals surface area contributed by atoms with E-state index in [1.54, 1.807) is 0 Å². The molecule has 1 nitrogen and oxygen atoms in total. The molecule has 8 heavy (non-hydrogen) atoms. The number of alkyl halides is 3. The van der Waals surface area contributed by atoms with E-state index in [1.165, 1.54) is 0 Å². The Bertz CT molecular complexity index is 83.8. The minimum atomic E-state index is -4.02. The van der Waals surface area contributed by atoms with E-state index in [0.717, 1.165) is 0 Å². The van der Waals surface area contributed by atoms with Crippen molar-refractivity contribution in [1.29, 1.82) is 0 Å². The van der Waals surface area contributed by atoms with Gasteiger partial charge in [-0.1, -0.05) is 0 Å². The highest BCUT2D eigenvalue weighted by Crippen LogP contribution is 2.25. The van der Waals surface area contributed by atoms with E-state index in [4.69, 9.17) is 0 Å². The summed E-state index contributed by atoms with van der Waals surface area (Å²) in [6.07, 6.45) is -3.78. The van der Waals surface area contributed by atoms with Gasteiger partial charge in [0.25, 0.3) is 0 Å². The van der Waals surface area contributed by atoms with E-state index < -0.39 is 12.2 Å². The quantitative estimate of drug-likeness (QED) is 0.507. The van der Waals surface area contributed by atoms with Gasteiger partial charge in [0.15, 0.2) is 0 Å². The predicted molar refractivity (Wildman–Crippen MR) is 22.5 cm³/mol. The van der Waals surface area contributed by atoms with Gasteiger partial charge in [0.1, 0.15) is 6.04 Å². The normalized spacial score (nSPS) is 29.6. The van der Waals surface area contributed by atoms with E-state index in [1.807, 2.05) is 0 Å². The fourth-order valence-corrected chi connectivity index (χ4v) is 0.568. The molecule has 0 saturated carbocycles. The van der Waals surface area contributed by atoms with Crippen LogP contribution in [-0.2, 0) is 0 Å². The van der Waals surface area contributed by atoms with Crippen LogP contribution in [-0.4, -0.2) is 18.8 Å². The lowest BCUT2D eigenvalue weighted by Crippen LogP contribution is -2.52. The largest absolute Gasteiger partial charge is 0.403 e.